The van der Waals surface area contributed by atoms with Crippen molar-refractivity contribution in [2.24, 2.45) is 0 Å². The van der Waals surface area contributed by atoms with E-state index in [1.807, 2.05) is 53.7 Å². The summed E-state index contributed by atoms with van der Waals surface area (Å²) in [7, 11) is 0. The molecule has 0 aliphatic carbocycles. The van der Waals surface area contributed by atoms with Gasteiger partial charge in [-0.3, -0.25) is 24.6 Å². The van der Waals surface area contributed by atoms with Crippen LogP contribution in [-0.2, 0) is 14.3 Å². The van der Waals surface area contributed by atoms with Crippen LogP contribution in [0.15, 0.2) is 18.7 Å². The Hall–Kier alpha value is -3.36. The van der Waals surface area contributed by atoms with Crippen LogP contribution in [0.1, 0.15) is 68.9 Å². The molecule has 0 bridgehead atoms. The Morgan fingerprint density at radius 1 is 1.09 bits per heavy atom. The summed E-state index contributed by atoms with van der Waals surface area (Å²) in [5.41, 5.74) is 2.98. The summed E-state index contributed by atoms with van der Waals surface area (Å²) < 4.78 is 5.46. The quantitative estimate of drug-likeness (QED) is 0.647. The van der Waals surface area contributed by atoms with E-state index in [9.17, 15) is 19.2 Å². The van der Waals surface area contributed by atoms with E-state index in [4.69, 9.17) is 4.74 Å². The number of aryl methyl sites for hydroxylation is 1. The molecule has 35 heavy (non-hydrogen) atoms. The number of fused-ring (bicyclic) bond motifs is 1. The zero-order valence-corrected chi connectivity index (χ0v) is 21.6. The number of hydrogen-bond donors (Lipinski definition) is 1. The molecule has 1 unspecified atom stereocenters. The minimum atomic E-state index is -0.740. The molecule has 1 aromatic carbocycles. The maximum Gasteiger partial charge on any atom is 0.410 e. The molecule has 0 aromatic heterocycles. The van der Waals surface area contributed by atoms with Crippen molar-refractivity contribution in [3.8, 4) is 0 Å². The van der Waals surface area contributed by atoms with Crippen molar-refractivity contribution in [1.29, 1.82) is 0 Å². The largest absolute Gasteiger partial charge is 0.444 e. The van der Waals surface area contributed by atoms with E-state index in [1.165, 1.54) is 4.90 Å². The molecule has 1 N–H and O–H groups in total. The van der Waals surface area contributed by atoms with Gasteiger partial charge in [0.1, 0.15) is 11.6 Å². The Bertz CT molecular complexity index is 1050. The molecule has 4 rings (SSSR count). The molecule has 0 spiro atoms. The number of imide groups is 1. The van der Waals surface area contributed by atoms with Crippen molar-refractivity contribution >= 4 is 35.2 Å². The number of amides is 4. The maximum atomic E-state index is 13.3. The Morgan fingerprint density at radius 3 is 2.29 bits per heavy atom. The number of benzene rings is 1. The van der Waals surface area contributed by atoms with Gasteiger partial charge in [0.15, 0.2) is 0 Å². The van der Waals surface area contributed by atoms with E-state index >= 15 is 0 Å². The third kappa shape index (κ3) is 5.33. The van der Waals surface area contributed by atoms with Crippen LogP contribution in [0.5, 0.6) is 0 Å². The van der Waals surface area contributed by atoms with Crippen molar-refractivity contribution in [2.75, 3.05) is 31.1 Å². The molecule has 190 valence electrons. The van der Waals surface area contributed by atoms with Crippen molar-refractivity contribution in [3.05, 3.63) is 35.4 Å². The topological polar surface area (TPSA) is 99.3 Å². The van der Waals surface area contributed by atoms with E-state index in [1.54, 1.807) is 4.90 Å². The van der Waals surface area contributed by atoms with Crippen molar-refractivity contribution in [1.82, 2.24) is 15.1 Å². The van der Waals surface area contributed by atoms with Gasteiger partial charge in [0, 0.05) is 49.5 Å². The van der Waals surface area contributed by atoms with Gasteiger partial charge in [0.25, 0.3) is 5.91 Å². The number of rotatable bonds is 2. The van der Waals surface area contributed by atoms with Crippen LogP contribution >= 0.6 is 0 Å². The van der Waals surface area contributed by atoms with Crippen LogP contribution in [0.2, 0.25) is 0 Å². The van der Waals surface area contributed by atoms with Crippen LogP contribution < -0.4 is 10.2 Å². The van der Waals surface area contributed by atoms with Crippen molar-refractivity contribution < 1.29 is 23.9 Å². The molecule has 1 aromatic rings. The third-order valence-electron chi connectivity index (χ3n) is 6.17. The zero-order chi connectivity index (χ0) is 26.1. The highest BCUT2D eigenvalue weighted by molar-refractivity contribution is 6.13. The standard InChI is InChI=1S/C24H30N4O5.C2H6/c1-14-12-16(26-8-10-27(11-9-26)23(32)33-24(3,4)5)13-17-20(14)15(2)28(22(17)31)18-6-7-19(29)25-21(18)30;1-2/h12-13,18H,2,6-11H2,1,3-5H3,(H,25,29,30);1-2H3. The van der Waals surface area contributed by atoms with Crippen molar-refractivity contribution in [3.63, 3.8) is 0 Å². The Morgan fingerprint density at radius 2 is 1.71 bits per heavy atom. The normalized spacial score (nSPS) is 20.3. The SMILES string of the molecule is C=C1c2c(C)cc(N3CCN(C(=O)OC(C)(C)C)CC3)cc2C(=O)N1C1CCC(=O)NC1=O.CC. The fraction of sp³-hybridized carbons (Fsp3) is 0.538. The van der Waals surface area contributed by atoms with E-state index in [-0.39, 0.29) is 30.7 Å². The van der Waals surface area contributed by atoms with Gasteiger partial charge in [-0.05, 0) is 51.8 Å². The van der Waals surface area contributed by atoms with Gasteiger partial charge < -0.3 is 14.5 Å². The summed E-state index contributed by atoms with van der Waals surface area (Å²) in [6, 6.07) is 3.11. The molecule has 3 aliphatic heterocycles. The average Bonchev–Trinajstić information content (AvgIpc) is 3.04. The molecule has 0 radical (unpaired) electrons. The summed E-state index contributed by atoms with van der Waals surface area (Å²) in [6.07, 6.45) is 0.149. The first-order valence-electron chi connectivity index (χ1n) is 12.2. The lowest BCUT2D eigenvalue weighted by Gasteiger charge is -2.37. The molecule has 4 amide bonds. The fourth-order valence-corrected chi connectivity index (χ4v) is 4.61. The molecule has 9 heteroatoms. The van der Waals surface area contributed by atoms with Crippen LogP contribution in [0.3, 0.4) is 0 Å². The minimum Gasteiger partial charge on any atom is -0.444 e. The van der Waals surface area contributed by atoms with Gasteiger partial charge in [-0.15, -0.1) is 0 Å². The first-order valence-corrected chi connectivity index (χ1v) is 12.2. The number of nitrogens with one attached hydrogen (secondary N) is 1. The second-order valence-corrected chi connectivity index (χ2v) is 9.73. The van der Waals surface area contributed by atoms with Gasteiger partial charge >= 0.3 is 6.09 Å². The highest BCUT2D eigenvalue weighted by Crippen LogP contribution is 2.39. The summed E-state index contributed by atoms with van der Waals surface area (Å²) >= 11 is 0. The maximum absolute atomic E-state index is 13.3. The van der Waals surface area contributed by atoms with Crippen LogP contribution in [0.25, 0.3) is 5.70 Å². The Balaban J connectivity index is 0.00000167. The number of anilines is 1. The van der Waals surface area contributed by atoms with E-state index in [2.05, 4.69) is 16.8 Å². The molecule has 3 aliphatic rings. The molecule has 9 nitrogen and oxygen atoms in total. The predicted molar refractivity (Wildman–Crippen MR) is 134 cm³/mol. The number of ether oxygens (including phenoxy) is 1. The van der Waals surface area contributed by atoms with Gasteiger partial charge in [0.2, 0.25) is 11.8 Å². The Labute approximate surface area is 207 Å². The lowest BCUT2D eigenvalue weighted by Crippen LogP contribution is -2.52. The van der Waals surface area contributed by atoms with Crippen LogP contribution in [-0.4, -0.2) is 71.4 Å². The van der Waals surface area contributed by atoms with Gasteiger partial charge in [-0.25, -0.2) is 4.79 Å². The number of carbonyl (C=O) groups excluding carboxylic acids is 4. The average molecular weight is 485 g/mol. The van der Waals surface area contributed by atoms with Gasteiger partial charge in [-0.1, -0.05) is 20.4 Å². The molecular formula is C26H36N4O5. The van der Waals surface area contributed by atoms with Crippen LogP contribution in [0, 0.1) is 6.92 Å². The highest BCUT2D eigenvalue weighted by Gasteiger charge is 2.42. The van der Waals surface area contributed by atoms with E-state index < -0.39 is 17.6 Å². The first kappa shape index (κ1) is 26.2. The summed E-state index contributed by atoms with van der Waals surface area (Å²) in [4.78, 5) is 54.8. The smallest absolute Gasteiger partial charge is 0.410 e. The van der Waals surface area contributed by atoms with Crippen molar-refractivity contribution in [2.45, 2.75) is 66.0 Å². The van der Waals surface area contributed by atoms with Crippen LogP contribution in [0.4, 0.5) is 10.5 Å². The monoisotopic (exact) mass is 484 g/mol. The lowest BCUT2D eigenvalue weighted by atomic mass is 10.0. The molecule has 2 fully saturated rings. The van der Waals surface area contributed by atoms with E-state index in [0.717, 1.165) is 16.8 Å². The van der Waals surface area contributed by atoms with Gasteiger partial charge in [-0.2, -0.15) is 0 Å². The fourth-order valence-electron chi connectivity index (χ4n) is 4.61. The number of piperidine rings is 1. The lowest BCUT2D eigenvalue weighted by molar-refractivity contribution is -0.136. The molecule has 2 saturated heterocycles. The number of carbonyl (C=O) groups is 4. The third-order valence-corrected chi connectivity index (χ3v) is 6.17. The first-order chi connectivity index (χ1) is 16.5. The molecule has 0 saturated carbocycles. The summed E-state index contributed by atoms with van der Waals surface area (Å²) in [5, 5.41) is 2.32. The zero-order valence-electron chi connectivity index (χ0n) is 21.6. The molecular weight excluding hydrogens is 448 g/mol. The molecule has 1 atom stereocenters. The summed E-state index contributed by atoms with van der Waals surface area (Å²) in [6.45, 7) is 17.8. The molecule has 3 heterocycles. The number of hydrogen-bond acceptors (Lipinski definition) is 6. The Kier molecular flexibility index (Phi) is 7.57. The predicted octanol–water partition coefficient (Wildman–Crippen LogP) is 3.31. The van der Waals surface area contributed by atoms with E-state index in [0.29, 0.717) is 37.4 Å². The number of piperazine rings is 1. The second kappa shape index (κ2) is 10.1. The number of nitrogens with zero attached hydrogens (tertiary/aromatic N) is 3. The van der Waals surface area contributed by atoms with Gasteiger partial charge in [0.05, 0.1) is 5.56 Å². The summed E-state index contributed by atoms with van der Waals surface area (Å²) in [5.74, 6) is -1.07. The highest BCUT2D eigenvalue weighted by atomic mass is 16.6. The minimum absolute atomic E-state index is 0.190. The second-order valence-electron chi connectivity index (χ2n) is 9.73.